The normalized spacial score (nSPS) is 10.2. The first-order chi connectivity index (χ1) is 8.65. The van der Waals surface area contributed by atoms with Crippen LogP contribution in [0.2, 0.25) is 0 Å². The summed E-state index contributed by atoms with van der Waals surface area (Å²) in [7, 11) is 1.41. The number of carbonyl (C=O) groups is 1. The molecule has 92 valence electrons. The van der Waals surface area contributed by atoms with E-state index in [1.165, 1.54) is 19.2 Å². The molecular weight excluding hydrogens is 231 g/mol. The second-order valence-electron chi connectivity index (χ2n) is 4.06. The lowest BCUT2D eigenvalue weighted by Gasteiger charge is -2.09. The van der Waals surface area contributed by atoms with E-state index in [9.17, 15) is 9.18 Å². The van der Waals surface area contributed by atoms with Crippen molar-refractivity contribution in [2.75, 3.05) is 7.11 Å². The van der Waals surface area contributed by atoms with Crippen LogP contribution >= 0.6 is 0 Å². The Kier molecular flexibility index (Phi) is 3.42. The first-order valence-electron chi connectivity index (χ1n) is 5.55. The van der Waals surface area contributed by atoms with Crippen LogP contribution in [0.1, 0.15) is 15.9 Å². The Hall–Kier alpha value is -2.16. The van der Waals surface area contributed by atoms with Crippen LogP contribution < -0.4 is 4.74 Å². The molecule has 2 rings (SSSR count). The van der Waals surface area contributed by atoms with Crippen molar-refractivity contribution in [3.05, 3.63) is 53.3 Å². The highest BCUT2D eigenvalue weighted by Crippen LogP contribution is 2.29. The summed E-state index contributed by atoms with van der Waals surface area (Å²) in [4.78, 5) is 10.9. The van der Waals surface area contributed by atoms with E-state index in [1.54, 1.807) is 0 Å². The average molecular weight is 244 g/mol. The number of hydrogen-bond donors (Lipinski definition) is 0. The van der Waals surface area contributed by atoms with Crippen molar-refractivity contribution < 1.29 is 13.9 Å². The quantitative estimate of drug-likeness (QED) is 0.771. The highest BCUT2D eigenvalue weighted by Gasteiger charge is 2.11. The molecular formula is C15H13FO2. The molecule has 0 aromatic heterocycles. The summed E-state index contributed by atoms with van der Waals surface area (Å²) in [6.45, 7) is 1.94. The molecule has 2 aromatic rings. The van der Waals surface area contributed by atoms with E-state index >= 15 is 0 Å². The fourth-order valence-electron chi connectivity index (χ4n) is 1.87. The van der Waals surface area contributed by atoms with E-state index in [4.69, 9.17) is 4.74 Å². The zero-order valence-corrected chi connectivity index (χ0v) is 10.2. The zero-order chi connectivity index (χ0) is 13.1. The molecule has 0 saturated heterocycles. The Morgan fingerprint density at radius 3 is 2.61 bits per heavy atom. The van der Waals surface area contributed by atoms with Gasteiger partial charge in [0.2, 0.25) is 0 Å². The third-order valence-corrected chi connectivity index (χ3v) is 2.78. The maximum absolute atomic E-state index is 14.0. The molecule has 0 amide bonds. The first kappa shape index (κ1) is 12.3. The number of aldehydes is 1. The van der Waals surface area contributed by atoms with E-state index in [2.05, 4.69) is 0 Å². The van der Waals surface area contributed by atoms with Gasteiger partial charge in [0.1, 0.15) is 11.6 Å². The maximum Gasteiger partial charge on any atom is 0.153 e. The summed E-state index contributed by atoms with van der Waals surface area (Å²) in [6.07, 6.45) is 0.664. The van der Waals surface area contributed by atoms with Crippen molar-refractivity contribution >= 4 is 6.29 Å². The van der Waals surface area contributed by atoms with Crippen LogP contribution in [-0.4, -0.2) is 13.4 Å². The van der Waals surface area contributed by atoms with Crippen molar-refractivity contribution in [1.29, 1.82) is 0 Å². The van der Waals surface area contributed by atoms with Gasteiger partial charge in [-0.25, -0.2) is 4.39 Å². The molecule has 0 N–H and O–H groups in total. The standard InChI is InChI=1S/C15H13FO2/c1-10-4-3-5-11(6-10)13-7-12(9-17)15(18-2)8-14(13)16/h3-9H,1-2H3. The molecule has 0 spiro atoms. The van der Waals surface area contributed by atoms with Crippen molar-refractivity contribution in [3.63, 3.8) is 0 Å². The molecule has 2 nitrogen and oxygen atoms in total. The van der Waals surface area contributed by atoms with Crippen molar-refractivity contribution in [3.8, 4) is 16.9 Å². The van der Waals surface area contributed by atoms with Gasteiger partial charge in [0.05, 0.1) is 12.7 Å². The number of halogens is 1. The number of ether oxygens (including phenoxy) is 1. The van der Waals surface area contributed by atoms with Crippen LogP contribution in [0.5, 0.6) is 5.75 Å². The van der Waals surface area contributed by atoms with Gasteiger partial charge in [-0.05, 0) is 18.6 Å². The van der Waals surface area contributed by atoms with Gasteiger partial charge in [-0.15, -0.1) is 0 Å². The van der Waals surface area contributed by atoms with Gasteiger partial charge in [0, 0.05) is 11.6 Å². The molecule has 0 unspecified atom stereocenters. The molecule has 0 radical (unpaired) electrons. The topological polar surface area (TPSA) is 26.3 Å². The van der Waals surface area contributed by atoms with Crippen LogP contribution in [0.3, 0.4) is 0 Å². The van der Waals surface area contributed by atoms with Crippen molar-refractivity contribution in [2.45, 2.75) is 6.92 Å². The summed E-state index contributed by atoms with van der Waals surface area (Å²) in [5.41, 5.74) is 2.53. The van der Waals surface area contributed by atoms with E-state index in [0.29, 0.717) is 17.4 Å². The first-order valence-corrected chi connectivity index (χ1v) is 5.55. The van der Waals surface area contributed by atoms with Crippen LogP contribution in [0.15, 0.2) is 36.4 Å². The molecule has 0 aliphatic heterocycles. The second kappa shape index (κ2) is 5.00. The molecule has 0 aliphatic rings. The number of methoxy groups -OCH3 is 1. The lowest BCUT2D eigenvalue weighted by molar-refractivity contribution is 0.112. The highest BCUT2D eigenvalue weighted by molar-refractivity contribution is 5.83. The maximum atomic E-state index is 14.0. The third-order valence-electron chi connectivity index (χ3n) is 2.78. The van der Waals surface area contributed by atoms with Crippen molar-refractivity contribution in [2.24, 2.45) is 0 Å². The van der Waals surface area contributed by atoms with E-state index < -0.39 is 5.82 Å². The van der Waals surface area contributed by atoms with Crippen LogP contribution in [-0.2, 0) is 0 Å². The van der Waals surface area contributed by atoms with Gasteiger partial charge in [-0.2, -0.15) is 0 Å². The Bertz CT molecular complexity index is 591. The Labute approximate surface area is 105 Å². The SMILES string of the molecule is COc1cc(F)c(-c2cccc(C)c2)cc1C=O. The van der Waals surface area contributed by atoms with Gasteiger partial charge in [-0.3, -0.25) is 4.79 Å². The average Bonchev–Trinajstić information content (AvgIpc) is 2.38. The summed E-state index contributed by atoms with van der Waals surface area (Å²) in [6, 6.07) is 10.2. The third kappa shape index (κ3) is 2.25. The number of carbonyl (C=O) groups excluding carboxylic acids is 1. The fourth-order valence-corrected chi connectivity index (χ4v) is 1.87. The molecule has 0 heterocycles. The summed E-state index contributed by atoms with van der Waals surface area (Å²) in [5.74, 6) is -0.151. The summed E-state index contributed by atoms with van der Waals surface area (Å²) < 4.78 is 18.9. The largest absolute Gasteiger partial charge is 0.496 e. The minimum Gasteiger partial charge on any atom is -0.496 e. The van der Waals surface area contributed by atoms with Crippen LogP contribution in [0.25, 0.3) is 11.1 Å². The molecule has 0 fully saturated rings. The minimum absolute atomic E-state index is 0.249. The zero-order valence-electron chi connectivity index (χ0n) is 10.2. The molecule has 0 aliphatic carbocycles. The molecule has 0 atom stereocenters. The Morgan fingerprint density at radius 1 is 1.22 bits per heavy atom. The summed E-state index contributed by atoms with van der Waals surface area (Å²) in [5, 5.41) is 0. The van der Waals surface area contributed by atoms with Gasteiger partial charge in [0.15, 0.2) is 6.29 Å². The summed E-state index contributed by atoms with van der Waals surface area (Å²) >= 11 is 0. The molecule has 2 aromatic carbocycles. The molecule has 3 heteroatoms. The lowest BCUT2D eigenvalue weighted by Crippen LogP contribution is -1.94. The van der Waals surface area contributed by atoms with E-state index in [-0.39, 0.29) is 5.75 Å². The monoisotopic (exact) mass is 244 g/mol. The number of rotatable bonds is 3. The Balaban J connectivity index is 2.61. The highest BCUT2D eigenvalue weighted by atomic mass is 19.1. The fraction of sp³-hybridized carbons (Fsp3) is 0.133. The van der Waals surface area contributed by atoms with Gasteiger partial charge < -0.3 is 4.74 Å². The molecule has 0 bridgehead atoms. The second-order valence-corrected chi connectivity index (χ2v) is 4.06. The van der Waals surface area contributed by atoms with Gasteiger partial charge >= 0.3 is 0 Å². The number of benzene rings is 2. The van der Waals surface area contributed by atoms with Crippen LogP contribution in [0.4, 0.5) is 4.39 Å². The molecule has 18 heavy (non-hydrogen) atoms. The number of hydrogen-bond acceptors (Lipinski definition) is 2. The van der Waals surface area contributed by atoms with E-state index in [1.807, 2.05) is 31.2 Å². The molecule has 0 saturated carbocycles. The number of aryl methyl sites for hydroxylation is 1. The van der Waals surface area contributed by atoms with Crippen LogP contribution in [0, 0.1) is 12.7 Å². The van der Waals surface area contributed by atoms with Gasteiger partial charge in [0.25, 0.3) is 0 Å². The smallest absolute Gasteiger partial charge is 0.153 e. The Morgan fingerprint density at radius 2 is 2.00 bits per heavy atom. The predicted molar refractivity (Wildman–Crippen MR) is 68.5 cm³/mol. The minimum atomic E-state index is -0.400. The van der Waals surface area contributed by atoms with E-state index in [0.717, 1.165) is 11.1 Å². The predicted octanol–water partition coefficient (Wildman–Crippen LogP) is 3.62. The lowest BCUT2D eigenvalue weighted by atomic mass is 10.0. The van der Waals surface area contributed by atoms with Gasteiger partial charge in [-0.1, -0.05) is 29.8 Å². The van der Waals surface area contributed by atoms with Crippen molar-refractivity contribution in [1.82, 2.24) is 0 Å².